The molecule has 1 aromatic heterocycles. The number of nitrogens with one attached hydrogen (secondary N) is 1. The summed E-state index contributed by atoms with van der Waals surface area (Å²) in [7, 11) is 1.73. The highest BCUT2D eigenvalue weighted by Gasteiger charge is 2.15. The first-order valence-electron chi connectivity index (χ1n) is 7.33. The fraction of sp³-hybridized carbons (Fsp3) is 0.167. The third kappa shape index (κ3) is 3.14. The van der Waals surface area contributed by atoms with Crippen LogP contribution >= 0.6 is 0 Å². The Bertz CT molecular complexity index is 918. The standard InChI is InChI=1S/C18H15F2NO3/c1-10(22)23-17-8-14(19)5-13-7-16(24-18(13)17)11-3-4-12(9-21-2)15(20)6-11/h3-8,21H,9H2,1-2H3. The van der Waals surface area contributed by atoms with Gasteiger partial charge in [-0.2, -0.15) is 0 Å². The third-order valence-electron chi connectivity index (χ3n) is 3.51. The second kappa shape index (κ2) is 6.41. The van der Waals surface area contributed by atoms with Crippen LogP contribution in [0.2, 0.25) is 0 Å². The van der Waals surface area contributed by atoms with Crippen molar-refractivity contribution in [2.75, 3.05) is 7.05 Å². The van der Waals surface area contributed by atoms with E-state index in [0.29, 0.717) is 28.8 Å². The van der Waals surface area contributed by atoms with Crippen LogP contribution in [0.25, 0.3) is 22.3 Å². The highest BCUT2D eigenvalue weighted by atomic mass is 19.1. The van der Waals surface area contributed by atoms with Gasteiger partial charge >= 0.3 is 5.97 Å². The number of halogens is 2. The van der Waals surface area contributed by atoms with Crippen molar-refractivity contribution in [2.45, 2.75) is 13.5 Å². The van der Waals surface area contributed by atoms with E-state index in [4.69, 9.17) is 9.15 Å². The van der Waals surface area contributed by atoms with Crippen molar-refractivity contribution in [1.82, 2.24) is 5.32 Å². The molecule has 0 atom stereocenters. The molecule has 0 aliphatic carbocycles. The van der Waals surface area contributed by atoms with Crippen molar-refractivity contribution in [2.24, 2.45) is 0 Å². The predicted octanol–water partition coefficient (Wildman–Crippen LogP) is 4.02. The maximum Gasteiger partial charge on any atom is 0.308 e. The van der Waals surface area contributed by atoms with Crippen LogP contribution in [-0.2, 0) is 11.3 Å². The number of fused-ring (bicyclic) bond motifs is 1. The van der Waals surface area contributed by atoms with E-state index in [-0.39, 0.29) is 17.1 Å². The summed E-state index contributed by atoms with van der Waals surface area (Å²) in [6.45, 7) is 1.63. The van der Waals surface area contributed by atoms with Crippen LogP contribution < -0.4 is 10.1 Å². The molecular formula is C18H15F2NO3. The third-order valence-corrected chi connectivity index (χ3v) is 3.51. The molecule has 24 heavy (non-hydrogen) atoms. The molecule has 4 nitrogen and oxygen atoms in total. The number of hydrogen-bond acceptors (Lipinski definition) is 4. The van der Waals surface area contributed by atoms with E-state index in [1.165, 1.54) is 19.1 Å². The number of ether oxygens (including phenoxy) is 1. The summed E-state index contributed by atoms with van der Waals surface area (Å²) >= 11 is 0. The van der Waals surface area contributed by atoms with Crippen LogP contribution in [0.3, 0.4) is 0 Å². The molecule has 3 rings (SSSR count). The number of rotatable bonds is 4. The normalized spacial score (nSPS) is 11.0. The minimum absolute atomic E-state index is 0.00368. The molecule has 0 spiro atoms. The molecule has 0 amide bonds. The SMILES string of the molecule is CNCc1ccc(-c2cc3cc(F)cc(OC(C)=O)c3o2)cc1F. The number of carbonyl (C=O) groups excluding carboxylic acids is 1. The summed E-state index contributed by atoms with van der Waals surface area (Å²) in [5.74, 6) is -1.15. The molecule has 6 heteroatoms. The number of carbonyl (C=O) groups is 1. The van der Waals surface area contributed by atoms with Crippen LogP contribution in [0.5, 0.6) is 5.75 Å². The lowest BCUT2D eigenvalue weighted by atomic mass is 10.1. The maximum atomic E-state index is 14.1. The fourth-order valence-electron chi connectivity index (χ4n) is 2.49. The zero-order chi connectivity index (χ0) is 17.3. The van der Waals surface area contributed by atoms with Gasteiger partial charge in [-0.1, -0.05) is 12.1 Å². The first-order valence-corrected chi connectivity index (χ1v) is 7.33. The van der Waals surface area contributed by atoms with E-state index >= 15 is 0 Å². The van der Waals surface area contributed by atoms with Crippen LogP contribution in [0.1, 0.15) is 12.5 Å². The minimum Gasteiger partial charge on any atom is -0.452 e. The highest BCUT2D eigenvalue weighted by Crippen LogP contribution is 2.35. The van der Waals surface area contributed by atoms with Gasteiger partial charge in [-0.25, -0.2) is 8.78 Å². The summed E-state index contributed by atoms with van der Waals surface area (Å²) in [5.41, 5.74) is 1.28. The Hall–Kier alpha value is -2.73. The van der Waals surface area contributed by atoms with Gasteiger partial charge in [0.25, 0.3) is 0 Å². The maximum absolute atomic E-state index is 14.1. The summed E-state index contributed by atoms with van der Waals surface area (Å²) in [6.07, 6.45) is 0. The van der Waals surface area contributed by atoms with Crippen molar-refractivity contribution in [1.29, 1.82) is 0 Å². The first kappa shape index (κ1) is 16.1. The Morgan fingerprint density at radius 2 is 2.00 bits per heavy atom. The van der Waals surface area contributed by atoms with E-state index in [1.807, 2.05) is 0 Å². The number of benzene rings is 2. The average molecular weight is 331 g/mol. The molecule has 1 heterocycles. The van der Waals surface area contributed by atoms with E-state index in [1.54, 1.807) is 25.2 Å². The minimum atomic E-state index is -0.581. The van der Waals surface area contributed by atoms with Gasteiger partial charge < -0.3 is 14.5 Å². The van der Waals surface area contributed by atoms with Crippen LogP contribution in [0.15, 0.2) is 40.8 Å². The molecule has 0 bridgehead atoms. The molecule has 124 valence electrons. The second-order valence-electron chi connectivity index (χ2n) is 5.36. The van der Waals surface area contributed by atoms with Crippen LogP contribution in [0, 0.1) is 11.6 Å². The monoisotopic (exact) mass is 331 g/mol. The van der Waals surface area contributed by atoms with Crippen molar-refractivity contribution in [3.8, 4) is 17.1 Å². The van der Waals surface area contributed by atoms with Crippen molar-refractivity contribution in [3.63, 3.8) is 0 Å². The van der Waals surface area contributed by atoms with E-state index in [9.17, 15) is 13.6 Å². The van der Waals surface area contributed by atoms with Gasteiger partial charge in [-0.3, -0.25) is 4.79 Å². The van der Waals surface area contributed by atoms with Gasteiger partial charge in [0.15, 0.2) is 11.3 Å². The highest BCUT2D eigenvalue weighted by molar-refractivity contribution is 5.89. The molecule has 0 saturated carbocycles. The van der Waals surface area contributed by atoms with E-state index < -0.39 is 11.8 Å². The smallest absolute Gasteiger partial charge is 0.308 e. The number of esters is 1. The Morgan fingerprint density at radius 3 is 2.67 bits per heavy atom. The van der Waals surface area contributed by atoms with Gasteiger partial charge in [0.2, 0.25) is 0 Å². The summed E-state index contributed by atoms with van der Waals surface area (Å²) in [6, 6.07) is 8.65. The van der Waals surface area contributed by atoms with Gasteiger partial charge in [-0.15, -0.1) is 0 Å². The lowest BCUT2D eigenvalue weighted by molar-refractivity contribution is -0.131. The second-order valence-corrected chi connectivity index (χ2v) is 5.36. The molecule has 0 saturated heterocycles. The topological polar surface area (TPSA) is 51.5 Å². The molecule has 1 N–H and O–H groups in total. The summed E-state index contributed by atoms with van der Waals surface area (Å²) in [5, 5.41) is 3.32. The zero-order valence-corrected chi connectivity index (χ0v) is 13.2. The van der Waals surface area contributed by atoms with E-state index in [0.717, 1.165) is 6.07 Å². The molecule has 0 unspecified atom stereocenters. The number of hydrogen-bond donors (Lipinski definition) is 1. The summed E-state index contributed by atoms with van der Waals surface area (Å²) < 4.78 is 38.4. The molecule has 0 fully saturated rings. The Morgan fingerprint density at radius 1 is 1.21 bits per heavy atom. The van der Waals surface area contributed by atoms with Crippen molar-refractivity contribution in [3.05, 3.63) is 53.6 Å². The molecule has 3 aromatic rings. The lowest BCUT2D eigenvalue weighted by Crippen LogP contribution is -2.06. The number of furan rings is 1. The van der Waals surface area contributed by atoms with Crippen LogP contribution in [-0.4, -0.2) is 13.0 Å². The zero-order valence-electron chi connectivity index (χ0n) is 13.2. The first-order chi connectivity index (χ1) is 11.5. The average Bonchev–Trinajstić information content (AvgIpc) is 2.93. The molecule has 2 aromatic carbocycles. The van der Waals surface area contributed by atoms with Gasteiger partial charge in [0, 0.05) is 36.0 Å². The Labute approximate surface area is 137 Å². The van der Waals surface area contributed by atoms with Gasteiger partial charge in [-0.05, 0) is 25.2 Å². The molecule has 0 radical (unpaired) electrons. The predicted molar refractivity (Wildman–Crippen MR) is 85.6 cm³/mol. The fourth-order valence-corrected chi connectivity index (χ4v) is 2.49. The quantitative estimate of drug-likeness (QED) is 0.579. The van der Waals surface area contributed by atoms with E-state index in [2.05, 4.69) is 5.32 Å². The van der Waals surface area contributed by atoms with Gasteiger partial charge in [0.05, 0.1) is 0 Å². The Kier molecular flexibility index (Phi) is 4.31. The lowest BCUT2D eigenvalue weighted by Gasteiger charge is -2.04. The van der Waals surface area contributed by atoms with Crippen molar-refractivity contribution < 1.29 is 22.7 Å². The molecular weight excluding hydrogens is 316 g/mol. The van der Waals surface area contributed by atoms with Gasteiger partial charge in [0.1, 0.15) is 17.4 Å². The Balaban J connectivity index is 2.07. The van der Waals surface area contributed by atoms with Crippen molar-refractivity contribution >= 4 is 16.9 Å². The summed E-state index contributed by atoms with van der Waals surface area (Å²) in [4.78, 5) is 11.1. The molecule has 0 aliphatic heterocycles. The molecule has 0 aliphatic rings. The largest absolute Gasteiger partial charge is 0.452 e. The van der Waals surface area contributed by atoms with Crippen LogP contribution in [0.4, 0.5) is 8.78 Å².